The summed E-state index contributed by atoms with van der Waals surface area (Å²) in [5, 5.41) is 12.6. The van der Waals surface area contributed by atoms with E-state index in [0.717, 1.165) is 0 Å². The number of hydrogen-bond donors (Lipinski definition) is 2. The van der Waals surface area contributed by atoms with Crippen molar-refractivity contribution in [2.45, 2.75) is 13.1 Å². The van der Waals surface area contributed by atoms with Crippen molar-refractivity contribution in [3.63, 3.8) is 0 Å². The fraction of sp³-hybridized carbons (Fsp3) is 0.150. The lowest BCUT2D eigenvalue weighted by atomic mass is 10.2. The molecular weight excluding hydrogens is 335 g/mol. The molecule has 3 rings (SSSR count). The number of carbonyl (C=O) groups excluding carboxylic acids is 1. The van der Waals surface area contributed by atoms with Crippen LogP contribution >= 0.6 is 0 Å². The molecule has 2 aromatic carbocycles. The lowest BCUT2D eigenvalue weighted by Gasteiger charge is -2.21. The molecule has 0 aliphatic rings. The summed E-state index contributed by atoms with van der Waals surface area (Å²) < 4.78 is 19.1. The highest BCUT2D eigenvalue weighted by atomic mass is 19.1. The zero-order chi connectivity index (χ0) is 18.4. The summed E-state index contributed by atoms with van der Waals surface area (Å²) in [6.45, 7) is 0.744. The Bertz CT molecular complexity index is 865. The van der Waals surface area contributed by atoms with Gasteiger partial charge in [0.1, 0.15) is 17.3 Å². The molecule has 3 aromatic rings. The monoisotopic (exact) mass is 354 g/mol. The minimum Gasteiger partial charge on any atom is -0.508 e. The van der Waals surface area contributed by atoms with Crippen LogP contribution in [0.3, 0.4) is 0 Å². The van der Waals surface area contributed by atoms with Crippen molar-refractivity contribution >= 4 is 11.6 Å². The largest absolute Gasteiger partial charge is 0.508 e. The number of phenols is 1. The lowest BCUT2D eigenvalue weighted by Crippen LogP contribution is -2.32. The van der Waals surface area contributed by atoms with Gasteiger partial charge in [0.05, 0.1) is 25.0 Å². The van der Waals surface area contributed by atoms with Gasteiger partial charge in [-0.25, -0.2) is 4.39 Å². The average Bonchev–Trinajstić information content (AvgIpc) is 3.12. The van der Waals surface area contributed by atoms with E-state index in [2.05, 4.69) is 5.32 Å². The van der Waals surface area contributed by atoms with Gasteiger partial charge in [0.2, 0.25) is 5.91 Å². The summed E-state index contributed by atoms with van der Waals surface area (Å²) in [5.74, 6) is 0.0155. The lowest BCUT2D eigenvalue weighted by molar-refractivity contribution is -0.117. The third-order valence-corrected chi connectivity index (χ3v) is 3.86. The van der Waals surface area contributed by atoms with Crippen LogP contribution in [0.2, 0.25) is 0 Å². The quantitative estimate of drug-likeness (QED) is 0.678. The molecule has 0 atom stereocenters. The van der Waals surface area contributed by atoms with Gasteiger partial charge in [-0.05, 0) is 30.3 Å². The van der Waals surface area contributed by atoms with Gasteiger partial charge in [-0.3, -0.25) is 9.69 Å². The summed E-state index contributed by atoms with van der Waals surface area (Å²) >= 11 is 0. The molecule has 0 spiro atoms. The van der Waals surface area contributed by atoms with Crippen LogP contribution in [0.5, 0.6) is 5.75 Å². The molecule has 0 radical (unpaired) electrons. The van der Waals surface area contributed by atoms with E-state index < -0.39 is 5.82 Å². The Morgan fingerprint density at radius 1 is 1.04 bits per heavy atom. The first kappa shape index (κ1) is 17.7. The number of furan rings is 1. The molecule has 0 aliphatic carbocycles. The molecule has 134 valence electrons. The molecule has 2 N–H and O–H groups in total. The van der Waals surface area contributed by atoms with E-state index >= 15 is 0 Å². The SMILES string of the molecule is O=C(CN(Cc1ccco1)Cc1ccccc1O)Nc1ccccc1F. The van der Waals surface area contributed by atoms with Crippen LogP contribution in [0.1, 0.15) is 11.3 Å². The number of benzene rings is 2. The van der Waals surface area contributed by atoms with Crippen molar-refractivity contribution in [2.24, 2.45) is 0 Å². The van der Waals surface area contributed by atoms with E-state index in [9.17, 15) is 14.3 Å². The maximum Gasteiger partial charge on any atom is 0.238 e. The molecule has 6 heteroatoms. The van der Waals surface area contributed by atoms with E-state index in [1.54, 1.807) is 42.7 Å². The fourth-order valence-electron chi connectivity index (χ4n) is 2.63. The summed E-state index contributed by atoms with van der Waals surface area (Å²) in [7, 11) is 0. The minimum atomic E-state index is -0.487. The highest BCUT2D eigenvalue weighted by Crippen LogP contribution is 2.19. The normalized spacial score (nSPS) is 10.8. The van der Waals surface area contributed by atoms with E-state index in [1.807, 2.05) is 17.0 Å². The summed E-state index contributed by atoms with van der Waals surface area (Å²) in [4.78, 5) is 14.2. The van der Waals surface area contributed by atoms with Gasteiger partial charge in [-0.2, -0.15) is 0 Å². The Labute approximate surface area is 150 Å². The number of nitrogens with zero attached hydrogens (tertiary/aromatic N) is 1. The molecule has 0 fully saturated rings. The molecule has 0 saturated carbocycles. The molecule has 0 aliphatic heterocycles. The zero-order valence-corrected chi connectivity index (χ0v) is 14.1. The zero-order valence-electron chi connectivity index (χ0n) is 14.1. The Kier molecular flexibility index (Phi) is 5.66. The third kappa shape index (κ3) is 4.70. The highest BCUT2D eigenvalue weighted by Gasteiger charge is 2.16. The predicted octanol–water partition coefficient (Wildman–Crippen LogP) is 3.77. The highest BCUT2D eigenvalue weighted by molar-refractivity contribution is 5.92. The maximum atomic E-state index is 13.7. The third-order valence-electron chi connectivity index (χ3n) is 3.86. The number of aromatic hydroxyl groups is 1. The van der Waals surface area contributed by atoms with Gasteiger partial charge in [-0.15, -0.1) is 0 Å². The predicted molar refractivity (Wildman–Crippen MR) is 96.0 cm³/mol. The van der Waals surface area contributed by atoms with Crippen molar-refractivity contribution in [3.8, 4) is 5.75 Å². The van der Waals surface area contributed by atoms with Crippen LogP contribution in [0, 0.1) is 5.82 Å². The molecule has 5 nitrogen and oxygen atoms in total. The van der Waals surface area contributed by atoms with Crippen LogP contribution in [0.25, 0.3) is 0 Å². The van der Waals surface area contributed by atoms with Crippen LogP contribution < -0.4 is 5.32 Å². The second-order valence-corrected chi connectivity index (χ2v) is 5.88. The van der Waals surface area contributed by atoms with Crippen LogP contribution in [-0.4, -0.2) is 22.5 Å². The molecule has 26 heavy (non-hydrogen) atoms. The second kappa shape index (κ2) is 8.31. The summed E-state index contributed by atoms with van der Waals surface area (Å²) in [6.07, 6.45) is 1.56. The average molecular weight is 354 g/mol. The second-order valence-electron chi connectivity index (χ2n) is 5.88. The number of nitrogens with one attached hydrogen (secondary N) is 1. The molecule has 1 heterocycles. The number of para-hydroxylation sites is 2. The van der Waals surface area contributed by atoms with Gasteiger partial charge in [0.15, 0.2) is 0 Å². The smallest absolute Gasteiger partial charge is 0.238 e. The topological polar surface area (TPSA) is 65.7 Å². The Balaban J connectivity index is 1.71. The molecule has 1 aromatic heterocycles. The molecule has 0 bridgehead atoms. The van der Waals surface area contributed by atoms with E-state index in [1.165, 1.54) is 12.1 Å². The van der Waals surface area contributed by atoms with Gasteiger partial charge >= 0.3 is 0 Å². The molecule has 1 amide bonds. The van der Waals surface area contributed by atoms with Gasteiger partial charge in [-0.1, -0.05) is 30.3 Å². The Morgan fingerprint density at radius 3 is 2.54 bits per heavy atom. The maximum absolute atomic E-state index is 13.7. The summed E-state index contributed by atoms with van der Waals surface area (Å²) in [6, 6.07) is 16.5. The molecule has 0 unspecified atom stereocenters. The minimum absolute atomic E-state index is 0.0172. The first-order valence-corrected chi connectivity index (χ1v) is 8.18. The number of anilines is 1. The van der Waals surface area contributed by atoms with Crippen LogP contribution in [-0.2, 0) is 17.9 Å². The van der Waals surface area contributed by atoms with Crippen molar-refractivity contribution < 1.29 is 18.7 Å². The summed E-state index contributed by atoms with van der Waals surface area (Å²) in [5.41, 5.74) is 0.829. The van der Waals surface area contributed by atoms with Crippen LogP contribution in [0.4, 0.5) is 10.1 Å². The van der Waals surface area contributed by atoms with Crippen molar-refractivity contribution in [2.75, 3.05) is 11.9 Å². The van der Waals surface area contributed by atoms with Crippen LogP contribution in [0.15, 0.2) is 71.3 Å². The van der Waals surface area contributed by atoms with Gasteiger partial charge in [0, 0.05) is 12.1 Å². The first-order chi connectivity index (χ1) is 12.6. The number of hydrogen-bond acceptors (Lipinski definition) is 4. The Hall–Kier alpha value is -3.12. The van der Waals surface area contributed by atoms with Crippen molar-refractivity contribution in [3.05, 3.63) is 84.1 Å². The van der Waals surface area contributed by atoms with Gasteiger partial charge in [0.25, 0.3) is 0 Å². The van der Waals surface area contributed by atoms with E-state index in [4.69, 9.17) is 4.42 Å². The number of amides is 1. The number of carbonyl (C=O) groups is 1. The number of phenolic OH excluding ortho intramolecular Hbond substituents is 1. The van der Waals surface area contributed by atoms with Crippen molar-refractivity contribution in [1.82, 2.24) is 4.90 Å². The fourth-order valence-corrected chi connectivity index (χ4v) is 2.63. The first-order valence-electron chi connectivity index (χ1n) is 8.18. The number of halogens is 1. The van der Waals surface area contributed by atoms with Gasteiger partial charge < -0.3 is 14.8 Å². The molecular formula is C20H19FN2O3. The standard InChI is InChI=1S/C20H19FN2O3/c21-17-8-2-3-9-18(17)22-20(25)14-23(13-16-7-5-11-26-16)12-15-6-1-4-10-19(15)24/h1-11,24H,12-14H2,(H,22,25). The van der Waals surface area contributed by atoms with Crippen molar-refractivity contribution in [1.29, 1.82) is 0 Å². The molecule has 0 saturated heterocycles. The Morgan fingerprint density at radius 2 is 1.81 bits per heavy atom. The number of rotatable bonds is 7. The van der Waals surface area contributed by atoms with E-state index in [0.29, 0.717) is 24.4 Å². The van der Waals surface area contributed by atoms with E-state index in [-0.39, 0.29) is 23.9 Å².